The second-order valence-electron chi connectivity index (χ2n) is 15.1. The number of imide groups is 1. The molecule has 0 unspecified atom stereocenters. The van der Waals surface area contributed by atoms with Crippen molar-refractivity contribution in [2.75, 3.05) is 31.8 Å². The van der Waals surface area contributed by atoms with Crippen molar-refractivity contribution in [1.82, 2.24) is 10.2 Å². The SMILES string of the molecule is COC(=O)[C@@H](NC(=O)N1C(=O)[C@@]2(c3cc(C#CCCO)ccc31)[C@H](C(=O)O)[C@H]1C(=O)O[C@H](c3ccccc3)[C@H](c3ccccc3)N1[C@@H]2c1ccc(OCCO)cc1)C(C)C. The van der Waals surface area contributed by atoms with Gasteiger partial charge in [0.15, 0.2) is 0 Å². The number of hydrogen-bond acceptors (Lipinski definition) is 11. The number of aliphatic carboxylic acids is 1. The molecule has 7 rings (SSSR count). The first-order valence-electron chi connectivity index (χ1n) is 19.6. The number of aliphatic hydroxyl groups is 2. The van der Waals surface area contributed by atoms with Crippen LogP contribution in [0.3, 0.4) is 0 Å². The second kappa shape index (κ2) is 17.4. The molecule has 2 saturated heterocycles. The summed E-state index contributed by atoms with van der Waals surface area (Å²) in [6.45, 7) is 2.93. The van der Waals surface area contributed by atoms with E-state index < -0.39 is 77.4 Å². The van der Waals surface area contributed by atoms with E-state index in [1.54, 1.807) is 67.3 Å². The summed E-state index contributed by atoms with van der Waals surface area (Å²) < 4.78 is 17.0. The largest absolute Gasteiger partial charge is 0.491 e. The summed E-state index contributed by atoms with van der Waals surface area (Å²) >= 11 is 0. The number of hydrogen-bond donors (Lipinski definition) is 4. The minimum absolute atomic E-state index is 0.00164. The highest BCUT2D eigenvalue weighted by Crippen LogP contribution is 2.66. The fourth-order valence-corrected chi connectivity index (χ4v) is 8.92. The number of carboxylic acid groups (broad SMARTS) is 1. The molecule has 0 aliphatic carbocycles. The maximum Gasteiger partial charge on any atom is 0.329 e. The number of nitrogens with zero attached hydrogens (tertiary/aromatic N) is 2. The Kier molecular flexibility index (Phi) is 12.0. The van der Waals surface area contributed by atoms with Crippen LogP contribution < -0.4 is 15.0 Å². The zero-order valence-electron chi connectivity index (χ0n) is 33.2. The van der Waals surface area contributed by atoms with Gasteiger partial charge in [0, 0.05) is 12.0 Å². The zero-order chi connectivity index (χ0) is 42.7. The molecule has 1 spiro atoms. The summed E-state index contributed by atoms with van der Waals surface area (Å²) in [5.41, 5.74) is -0.0183. The Morgan fingerprint density at radius 3 is 2.13 bits per heavy atom. The van der Waals surface area contributed by atoms with Crippen LogP contribution in [0.4, 0.5) is 10.5 Å². The normalized spacial score (nSPS) is 23.6. The van der Waals surface area contributed by atoms with Gasteiger partial charge in [0.2, 0.25) is 5.91 Å². The number of morpholine rings is 1. The fourth-order valence-electron chi connectivity index (χ4n) is 8.92. The lowest BCUT2D eigenvalue weighted by Gasteiger charge is -2.46. The van der Waals surface area contributed by atoms with Crippen molar-refractivity contribution < 1.29 is 53.5 Å². The Bertz CT molecular complexity index is 2330. The number of methoxy groups -OCH3 is 1. The van der Waals surface area contributed by atoms with E-state index in [2.05, 4.69) is 17.2 Å². The Morgan fingerprint density at radius 2 is 1.53 bits per heavy atom. The van der Waals surface area contributed by atoms with Crippen LogP contribution in [0.25, 0.3) is 0 Å². The smallest absolute Gasteiger partial charge is 0.329 e. The van der Waals surface area contributed by atoms with E-state index in [1.807, 2.05) is 48.5 Å². The van der Waals surface area contributed by atoms with Gasteiger partial charge in [-0.1, -0.05) is 98.5 Å². The van der Waals surface area contributed by atoms with Gasteiger partial charge in [-0.15, -0.1) is 0 Å². The van der Waals surface area contributed by atoms with Gasteiger partial charge >= 0.3 is 23.9 Å². The number of fused-ring (bicyclic) bond motifs is 3. The predicted octanol–water partition coefficient (Wildman–Crippen LogP) is 4.45. The lowest BCUT2D eigenvalue weighted by Crippen LogP contribution is -2.56. The summed E-state index contributed by atoms with van der Waals surface area (Å²) in [4.78, 5) is 75.0. The summed E-state index contributed by atoms with van der Waals surface area (Å²) in [5, 5.41) is 33.1. The minimum atomic E-state index is -2.22. The molecule has 3 heterocycles. The molecule has 310 valence electrons. The summed E-state index contributed by atoms with van der Waals surface area (Å²) in [7, 11) is 1.18. The fraction of sp³-hybridized carbons (Fsp3) is 0.326. The highest BCUT2D eigenvalue weighted by molar-refractivity contribution is 6.24. The average molecular weight is 816 g/mol. The van der Waals surface area contributed by atoms with Gasteiger partial charge in [0.05, 0.1) is 38.1 Å². The molecule has 3 aliphatic rings. The maximum atomic E-state index is 15.9. The van der Waals surface area contributed by atoms with E-state index >= 15 is 4.79 Å². The molecule has 0 bridgehead atoms. The molecule has 0 radical (unpaired) electrons. The monoisotopic (exact) mass is 815 g/mol. The number of carbonyl (C=O) groups is 5. The molecular weight excluding hydrogens is 771 g/mol. The van der Waals surface area contributed by atoms with Gasteiger partial charge < -0.3 is 34.8 Å². The second-order valence-corrected chi connectivity index (χ2v) is 15.1. The van der Waals surface area contributed by atoms with Gasteiger partial charge in [0.25, 0.3) is 0 Å². The van der Waals surface area contributed by atoms with Crippen LogP contribution in [0, 0.1) is 23.7 Å². The number of cyclic esters (lactones) is 1. The Morgan fingerprint density at radius 1 is 0.867 bits per heavy atom. The first-order chi connectivity index (χ1) is 29.0. The number of amides is 3. The molecule has 0 saturated carbocycles. The maximum absolute atomic E-state index is 15.9. The average Bonchev–Trinajstić information content (AvgIpc) is 3.71. The van der Waals surface area contributed by atoms with Gasteiger partial charge in [-0.05, 0) is 58.5 Å². The van der Waals surface area contributed by atoms with Crippen molar-refractivity contribution >= 4 is 35.5 Å². The van der Waals surface area contributed by atoms with Crippen molar-refractivity contribution in [3.63, 3.8) is 0 Å². The number of carboxylic acids is 1. The van der Waals surface area contributed by atoms with Gasteiger partial charge in [-0.2, -0.15) is 0 Å². The van der Waals surface area contributed by atoms with E-state index in [1.165, 1.54) is 13.2 Å². The number of esters is 2. The molecule has 14 heteroatoms. The van der Waals surface area contributed by atoms with E-state index in [9.17, 15) is 34.5 Å². The third kappa shape index (κ3) is 7.14. The first kappa shape index (κ1) is 41.6. The van der Waals surface area contributed by atoms with Crippen molar-refractivity contribution in [3.05, 3.63) is 131 Å². The number of urea groups is 1. The number of anilines is 1. The van der Waals surface area contributed by atoms with Gasteiger partial charge in [-0.25, -0.2) is 14.5 Å². The molecule has 60 heavy (non-hydrogen) atoms. The Labute approximate surface area is 346 Å². The van der Waals surface area contributed by atoms with E-state index in [4.69, 9.17) is 14.2 Å². The van der Waals surface area contributed by atoms with Gasteiger partial charge in [-0.3, -0.25) is 19.3 Å². The number of ether oxygens (including phenoxy) is 3. The summed E-state index contributed by atoms with van der Waals surface area (Å²) in [6.07, 6.45) is -0.846. The van der Waals surface area contributed by atoms with E-state index in [0.717, 1.165) is 4.90 Å². The number of benzene rings is 4. The number of carbonyl (C=O) groups excluding carboxylic acids is 4. The highest BCUT2D eigenvalue weighted by atomic mass is 16.6. The van der Waals surface area contributed by atoms with Crippen LogP contribution in [0.15, 0.2) is 103 Å². The van der Waals surface area contributed by atoms with E-state index in [0.29, 0.717) is 28.0 Å². The Balaban J connectivity index is 1.55. The van der Waals surface area contributed by atoms with E-state index in [-0.39, 0.29) is 37.5 Å². The van der Waals surface area contributed by atoms with Crippen LogP contribution >= 0.6 is 0 Å². The number of nitrogens with one attached hydrogen (secondary N) is 1. The molecule has 3 amide bonds. The third-order valence-corrected chi connectivity index (χ3v) is 11.4. The molecule has 3 aliphatic heterocycles. The van der Waals surface area contributed by atoms with Crippen molar-refractivity contribution in [1.29, 1.82) is 0 Å². The quantitative estimate of drug-likeness (QED) is 0.123. The minimum Gasteiger partial charge on any atom is -0.491 e. The molecule has 4 aromatic rings. The summed E-state index contributed by atoms with van der Waals surface area (Å²) in [5.74, 6) is -0.170. The standard InChI is InChI=1S/C46H45N3O11/c1-27(2)36(42(54)58-3)47-45(57)48-34-22-17-28(12-10-11-23-50)26-33(34)46(44(48)56)35(41(52)53)38-43(55)60-39(30-15-8-5-9-16-30)37(29-13-6-4-7-14-29)49(38)40(46)31-18-20-32(21-19-31)59-25-24-51/h4-9,13-22,26-27,35-40,50-51H,11,23-25H2,1-3H3,(H,47,57)(H,52,53)/t35-,36-,37-,38-,39+,40+,46-/m0/s1. The predicted molar refractivity (Wildman–Crippen MR) is 216 cm³/mol. The molecular formula is C46H45N3O11. The molecule has 7 atom stereocenters. The van der Waals surface area contributed by atoms with Crippen molar-refractivity contribution in [3.8, 4) is 17.6 Å². The molecule has 0 aromatic heterocycles. The van der Waals surface area contributed by atoms with Crippen molar-refractivity contribution in [2.45, 2.75) is 56.0 Å². The molecule has 2 fully saturated rings. The van der Waals surface area contributed by atoms with Crippen LogP contribution in [-0.2, 0) is 34.1 Å². The highest BCUT2D eigenvalue weighted by Gasteiger charge is 2.76. The van der Waals surface area contributed by atoms with Gasteiger partial charge in [0.1, 0.15) is 41.9 Å². The molecule has 4 aromatic carbocycles. The topological polar surface area (TPSA) is 192 Å². The van der Waals surface area contributed by atoms with Crippen LogP contribution in [0.5, 0.6) is 5.75 Å². The zero-order valence-corrected chi connectivity index (χ0v) is 33.2. The number of aliphatic hydroxyl groups excluding tert-OH is 2. The lowest BCUT2D eigenvalue weighted by atomic mass is 9.65. The van der Waals surface area contributed by atoms with Crippen LogP contribution in [0.2, 0.25) is 0 Å². The lowest BCUT2D eigenvalue weighted by molar-refractivity contribution is -0.179. The first-order valence-corrected chi connectivity index (χ1v) is 19.6. The number of rotatable bonds is 11. The Hall–Kier alpha value is -6.53. The summed E-state index contributed by atoms with van der Waals surface area (Å²) in [6, 6.07) is 23.5. The van der Waals surface area contributed by atoms with Crippen LogP contribution in [-0.4, -0.2) is 89.1 Å². The van der Waals surface area contributed by atoms with Crippen molar-refractivity contribution in [2.24, 2.45) is 11.8 Å². The third-order valence-electron chi connectivity index (χ3n) is 11.4. The van der Waals surface area contributed by atoms with Crippen LogP contribution in [0.1, 0.15) is 66.3 Å². The molecule has 14 nitrogen and oxygen atoms in total. The molecule has 4 N–H and O–H groups in total.